The number of aromatic carboxylic acids is 1. The first-order valence-corrected chi connectivity index (χ1v) is 17.1. The topological polar surface area (TPSA) is 178 Å². The summed E-state index contributed by atoms with van der Waals surface area (Å²) in [4.78, 5) is 36.1. The molecule has 254 valence electrons. The van der Waals surface area contributed by atoms with Crippen LogP contribution < -0.4 is 15.4 Å². The van der Waals surface area contributed by atoms with E-state index in [2.05, 4.69) is 5.32 Å². The molecule has 0 aliphatic heterocycles. The second kappa shape index (κ2) is 14.5. The van der Waals surface area contributed by atoms with Gasteiger partial charge in [0.1, 0.15) is 17.2 Å². The van der Waals surface area contributed by atoms with Gasteiger partial charge in [0.25, 0.3) is 5.91 Å². The lowest BCUT2D eigenvalue weighted by atomic mass is 9.98. The van der Waals surface area contributed by atoms with Crippen molar-refractivity contribution in [3.63, 3.8) is 0 Å². The van der Waals surface area contributed by atoms with Crippen LogP contribution in [0.2, 0.25) is 0 Å². The van der Waals surface area contributed by atoms with Crippen LogP contribution in [0.25, 0.3) is 22.3 Å². The minimum absolute atomic E-state index is 0.0161. The second-order valence-corrected chi connectivity index (χ2v) is 13.4. The Morgan fingerprint density at radius 3 is 2.29 bits per heavy atom. The van der Waals surface area contributed by atoms with Crippen molar-refractivity contribution in [2.24, 2.45) is 5.73 Å². The fourth-order valence-corrected chi connectivity index (χ4v) is 6.40. The minimum Gasteiger partial charge on any atom is -0.478 e. The van der Waals surface area contributed by atoms with Gasteiger partial charge in [-0.05, 0) is 72.4 Å². The summed E-state index contributed by atoms with van der Waals surface area (Å²) in [5.41, 5.74) is 8.39. The molecule has 2 amide bonds. The van der Waals surface area contributed by atoms with E-state index < -0.39 is 39.5 Å². The first-order valence-electron chi connectivity index (χ1n) is 15.2. The van der Waals surface area contributed by atoms with Gasteiger partial charge in [-0.2, -0.15) is 0 Å². The van der Waals surface area contributed by atoms with E-state index in [1.54, 1.807) is 12.1 Å². The predicted octanol–water partition coefficient (Wildman–Crippen LogP) is 4.24. The average molecular weight is 682 g/mol. The number of nitrogens with one attached hydrogen (secondary N) is 1. The Balaban J connectivity index is 1.29. The zero-order valence-electron chi connectivity index (χ0n) is 26.4. The molecule has 1 atom stereocenters. The molecular formula is C34H36FN3O9S. The zero-order valence-corrected chi connectivity index (χ0v) is 27.2. The maximum Gasteiger partial charge on any atom is 0.335 e. The van der Waals surface area contributed by atoms with Gasteiger partial charge in [-0.3, -0.25) is 13.9 Å². The lowest BCUT2D eigenvalue weighted by Crippen LogP contribution is -2.34. The number of carboxylic acid groups (broad SMARTS) is 1. The number of hydrogen-bond donors (Lipinski definition) is 3. The van der Waals surface area contributed by atoms with E-state index in [4.69, 9.17) is 24.7 Å². The number of furan rings is 1. The third-order valence-electron chi connectivity index (χ3n) is 8.08. The Hall–Kier alpha value is -4.79. The van der Waals surface area contributed by atoms with Gasteiger partial charge in [0.05, 0.1) is 62.0 Å². The number of hydrogen-bond acceptors (Lipinski definition) is 8. The number of ether oxygens (including phenoxy) is 2. The van der Waals surface area contributed by atoms with Crippen LogP contribution in [0.4, 0.5) is 10.1 Å². The SMILES string of the molecule is CNC(=O)c1c(-c2ccc(F)cc2)oc2cc(N(CCOCCOCC(C(N)=O)c3ccc(C(=O)O)cc3)S(C)(=O)=O)c(C3CC3)cc12. The Kier molecular flexibility index (Phi) is 10.5. The van der Waals surface area contributed by atoms with Crippen LogP contribution in [0.1, 0.15) is 56.5 Å². The summed E-state index contributed by atoms with van der Waals surface area (Å²) in [7, 11) is -2.28. The standard InChI is InChI=1S/C34H36FN3O9S/c1-37-33(40)30-26-17-25(20-3-4-20)28(18-29(26)47-31(30)22-9-11-24(35)12-10-22)38(48(2,43)44)13-14-45-15-16-46-19-27(32(36)39)21-5-7-23(8-6-21)34(41)42/h5-12,17-18,20,27H,3-4,13-16,19H2,1-2H3,(H2,36,39)(H,37,40)(H,41,42). The van der Waals surface area contributed by atoms with Crippen molar-refractivity contribution in [1.29, 1.82) is 0 Å². The molecule has 1 unspecified atom stereocenters. The van der Waals surface area contributed by atoms with Crippen molar-refractivity contribution in [3.8, 4) is 11.3 Å². The van der Waals surface area contributed by atoms with Crippen molar-refractivity contribution >= 4 is 44.5 Å². The van der Waals surface area contributed by atoms with Crippen LogP contribution in [-0.4, -0.2) is 77.6 Å². The maximum atomic E-state index is 13.7. The fraction of sp³-hybridized carbons (Fsp3) is 0.324. The van der Waals surface area contributed by atoms with E-state index in [9.17, 15) is 27.2 Å². The lowest BCUT2D eigenvalue weighted by Gasteiger charge is -2.25. The number of carboxylic acids is 1. The van der Waals surface area contributed by atoms with Crippen molar-refractivity contribution in [2.75, 3.05) is 50.6 Å². The summed E-state index contributed by atoms with van der Waals surface area (Å²) in [6.45, 7) is 0.154. The number of halogens is 1. The molecule has 1 aliphatic rings. The summed E-state index contributed by atoms with van der Waals surface area (Å²) >= 11 is 0. The second-order valence-electron chi connectivity index (χ2n) is 11.5. The van der Waals surface area contributed by atoms with Crippen molar-refractivity contribution in [3.05, 3.63) is 88.7 Å². The van der Waals surface area contributed by atoms with Gasteiger partial charge in [0.2, 0.25) is 15.9 Å². The highest BCUT2D eigenvalue weighted by Crippen LogP contribution is 2.48. The number of anilines is 1. The van der Waals surface area contributed by atoms with Gasteiger partial charge in [0.15, 0.2) is 0 Å². The number of nitrogens with zero attached hydrogens (tertiary/aromatic N) is 1. The quantitative estimate of drug-likeness (QED) is 0.146. The third-order valence-corrected chi connectivity index (χ3v) is 9.26. The molecule has 0 saturated heterocycles. The van der Waals surface area contributed by atoms with E-state index in [1.165, 1.54) is 59.9 Å². The summed E-state index contributed by atoms with van der Waals surface area (Å²) in [6, 6.07) is 14.8. The van der Waals surface area contributed by atoms with Crippen molar-refractivity contribution < 1.29 is 46.2 Å². The highest BCUT2D eigenvalue weighted by molar-refractivity contribution is 7.92. The molecule has 0 bridgehead atoms. The first-order chi connectivity index (χ1) is 22.9. The molecule has 1 saturated carbocycles. The Morgan fingerprint density at radius 2 is 1.71 bits per heavy atom. The first kappa shape index (κ1) is 34.5. The summed E-state index contributed by atoms with van der Waals surface area (Å²) in [6.07, 6.45) is 2.82. The van der Waals surface area contributed by atoms with Gasteiger partial charge in [-0.15, -0.1) is 0 Å². The molecule has 3 aromatic carbocycles. The minimum atomic E-state index is -3.78. The average Bonchev–Trinajstić information content (AvgIpc) is 3.83. The molecule has 12 nitrogen and oxygen atoms in total. The monoisotopic (exact) mass is 681 g/mol. The molecule has 5 rings (SSSR count). The molecule has 1 heterocycles. The van der Waals surface area contributed by atoms with Gasteiger partial charge in [0, 0.05) is 24.1 Å². The van der Waals surface area contributed by atoms with E-state index in [1.807, 2.05) is 0 Å². The molecule has 0 spiro atoms. The maximum absolute atomic E-state index is 13.7. The van der Waals surface area contributed by atoms with E-state index >= 15 is 0 Å². The lowest BCUT2D eigenvalue weighted by molar-refractivity contribution is -0.121. The fourth-order valence-electron chi connectivity index (χ4n) is 5.48. The van der Waals surface area contributed by atoms with E-state index in [0.29, 0.717) is 27.8 Å². The summed E-state index contributed by atoms with van der Waals surface area (Å²) in [5.74, 6) is -3.00. The number of amides is 2. The molecule has 4 N–H and O–H groups in total. The largest absolute Gasteiger partial charge is 0.478 e. The molecular weight excluding hydrogens is 645 g/mol. The molecule has 4 aromatic rings. The van der Waals surface area contributed by atoms with E-state index in [-0.39, 0.29) is 55.8 Å². The molecule has 1 aromatic heterocycles. The molecule has 0 radical (unpaired) electrons. The molecule has 1 aliphatic carbocycles. The van der Waals surface area contributed by atoms with Gasteiger partial charge < -0.3 is 30.0 Å². The van der Waals surface area contributed by atoms with Crippen LogP contribution in [0.15, 0.2) is 65.1 Å². The molecule has 48 heavy (non-hydrogen) atoms. The Bertz CT molecular complexity index is 1920. The van der Waals surface area contributed by atoms with Crippen LogP contribution in [0.5, 0.6) is 0 Å². The van der Waals surface area contributed by atoms with Crippen LogP contribution in [0.3, 0.4) is 0 Å². The van der Waals surface area contributed by atoms with Crippen LogP contribution >= 0.6 is 0 Å². The Labute approximate surface area is 276 Å². The van der Waals surface area contributed by atoms with Crippen molar-refractivity contribution in [1.82, 2.24) is 5.32 Å². The summed E-state index contributed by atoms with van der Waals surface area (Å²) < 4.78 is 58.5. The number of sulfonamides is 1. The number of carbonyl (C=O) groups excluding carboxylic acids is 2. The number of benzene rings is 3. The molecule has 1 fully saturated rings. The predicted molar refractivity (Wildman–Crippen MR) is 176 cm³/mol. The normalized spacial score (nSPS) is 13.7. The van der Waals surface area contributed by atoms with Gasteiger partial charge in [-0.1, -0.05) is 12.1 Å². The molecule has 14 heteroatoms. The van der Waals surface area contributed by atoms with Crippen molar-refractivity contribution in [2.45, 2.75) is 24.7 Å². The van der Waals surface area contributed by atoms with Crippen LogP contribution in [0, 0.1) is 5.82 Å². The summed E-state index contributed by atoms with van der Waals surface area (Å²) in [5, 5.41) is 12.2. The number of primary amides is 1. The van der Waals surface area contributed by atoms with Crippen LogP contribution in [-0.2, 0) is 24.3 Å². The van der Waals surface area contributed by atoms with Gasteiger partial charge >= 0.3 is 5.97 Å². The smallest absolute Gasteiger partial charge is 0.335 e. The van der Waals surface area contributed by atoms with E-state index in [0.717, 1.165) is 24.7 Å². The van der Waals surface area contributed by atoms with Gasteiger partial charge in [-0.25, -0.2) is 17.6 Å². The third kappa shape index (κ3) is 7.84. The zero-order chi connectivity index (χ0) is 34.6. The number of carbonyl (C=O) groups is 3. The number of rotatable bonds is 16. The highest BCUT2D eigenvalue weighted by Gasteiger charge is 2.33. The highest BCUT2D eigenvalue weighted by atomic mass is 32.2. The number of fused-ring (bicyclic) bond motifs is 1. The number of nitrogens with two attached hydrogens (primary N) is 1. The Morgan fingerprint density at radius 1 is 1.04 bits per heavy atom.